The number of hydrogen-bond donors (Lipinski definition) is 0. The monoisotopic (exact) mass is 206 g/mol. The minimum Gasteiger partial charge on any atom is -0.206 e. The quantitative estimate of drug-likeness (QED) is 0.641. The van der Waals surface area contributed by atoms with E-state index in [2.05, 4.69) is 0 Å². The third-order valence-corrected chi connectivity index (χ3v) is 1.99. The summed E-state index contributed by atoms with van der Waals surface area (Å²) in [5.41, 5.74) is -0.765. The van der Waals surface area contributed by atoms with Crippen LogP contribution in [0.3, 0.4) is 0 Å². The van der Waals surface area contributed by atoms with Crippen LogP contribution in [0.4, 0.5) is 17.6 Å². The lowest BCUT2D eigenvalue weighted by molar-refractivity contribution is 0.141. The van der Waals surface area contributed by atoms with Crippen molar-refractivity contribution in [1.29, 1.82) is 0 Å². The molecule has 0 heterocycles. The molecule has 0 aliphatic carbocycles. The van der Waals surface area contributed by atoms with Crippen molar-refractivity contribution in [3.63, 3.8) is 0 Å². The molecule has 0 bridgehead atoms. The molecular weight excluding hydrogens is 196 g/mol. The smallest absolute Gasteiger partial charge is 0.206 e. The van der Waals surface area contributed by atoms with E-state index in [0.717, 1.165) is 12.1 Å². The summed E-state index contributed by atoms with van der Waals surface area (Å²) in [6.07, 6.45) is -3.11. The average molecular weight is 206 g/mol. The molecule has 0 fully saturated rings. The second kappa shape index (κ2) is 3.98. The Morgan fingerprint density at radius 1 is 1.00 bits per heavy atom. The Morgan fingerprint density at radius 3 is 1.71 bits per heavy atom. The van der Waals surface area contributed by atoms with Gasteiger partial charge in [-0.1, -0.05) is 13.8 Å². The Morgan fingerprint density at radius 2 is 1.43 bits per heavy atom. The standard InChI is InChI=1S/C10H10F4/c1-5(2)6-3-7(11)9(10(13)14)8(12)4-6/h3-5,10H,1-2H3. The third-order valence-electron chi connectivity index (χ3n) is 1.99. The van der Waals surface area contributed by atoms with Gasteiger partial charge in [-0.05, 0) is 23.6 Å². The number of halogens is 4. The van der Waals surface area contributed by atoms with E-state index in [0.29, 0.717) is 5.56 Å². The number of benzene rings is 1. The van der Waals surface area contributed by atoms with E-state index in [4.69, 9.17) is 0 Å². The van der Waals surface area contributed by atoms with Gasteiger partial charge in [0.05, 0.1) is 5.56 Å². The molecule has 78 valence electrons. The topological polar surface area (TPSA) is 0 Å². The lowest BCUT2D eigenvalue weighted by Gasteiger charge is -2.09. The summed E-state index contributed by atoms with van der Waals surface area (Å²) in [7, 11) is 0. The molecule has 0 saturated heterocycles. The van der Waals surface area contributed by atoms with Gasteiger partial charge in [0.2, 0.25) is 0 Å². The molecule has 1 aromatic carbocycles. The van der Waals surface area contributed by atoms with Crippen LogP contribution in [0.2, 0.25) is 0 Å². The molecule has 0 nitrogen and oxygen atoms in total. The highest BCUT2D eigenvalue weighted by atomic mass is 19.3. The summed E-state index contributed by atoms with van der Waals surface area (Å²) in [5, 5.41) is 0. The van der Waals surface area contributed by atoms with E-state index in [9.17, 15) is 17.6 Å². The molecule has 0 radical (unpaired) electrons. The van der Waals surface area contributed by atoms with Crippen molar-refractivity contribution in [3.05, 3.63) is 34.9 Å². The fourth-order valence-electron chi connectivity index (χ4n) is 1.15. The van der Waals surface area contributed by atoms with Crippen LogP contribution in [-0.4, -0.2) is 0 Å². The normalized spacial score (nSPS) is 11.4. The van der Waals surface area contributed by atoms with Gasteiger partial charge in [-0.2, -0.15) is 0 Å². The zero-order valence-corrected chi connectivity index (χ0v) is 7.82. The van der Waals surface area contributed by atoms with Crippen molar-refractivity contribution in [2.75, 3.05) is 0 Å². The Hall–Kier alpha value is -1.06. The zero-order chi connectivity index (χ0) is 10.9. The third kappa shape index (κ3) is 2.05. The van der Waals surface area contributed by atoms with Crippen molar-refractivity contribution in [2.24, 2.45) is 0 Å². The molecule has 4 heteroatoms. The molecule has 0 aromatic heterocycles. The summed E-state index contributed by atoms with van der Waals surface area (Å²) < 4.78 is 50.3. The highest BCUT2D eigenvalue weighted by Crippen LogP contribution is 2.28. The molecule has 0 aliphatic rings. The minimum absolute atomic E-state index is 0.0919. The molecule has 1 aromatic rings. The van der Waals surface area contributed by atoms with Gasteiger partial charge >= 0.3 is 0 Å². The van der Waals surface area contributed by atoms with Gasteiger partial charge < -0.3 is 0 Å². The molecule has 0 N–H and O–H groups in total. The van der Waals surface area contributed by atoms with Crippen LogP contribution in [0.1, 0.15) is 37.3 Å². The Labute approximate surface area is 79.6 Å². The maximum Gasteiger partial charge on any atom is 0.269 e. The first kappa shape index (κ1) is 11.0. The van der Waals surface area contributed by atoms with Gasteiger partial charge in [0.15, 0.2) is 0 Å². The molecule has 0 aliphatic heterocycles. The second-order valence-corrected chi connectivity index (χ2v) is 3.35. The predicted octanol–water partition coefficient (Wildman–Crippen LogP) is 4.03. The maximum atomic E-state index is 13.0. The zero-order valence-electron chi connectivity index (χ0n) is 7.82. The fraction of sp³-hybridized carbons (Fsp3) is 0.400. The summed E-state index contributed by atoms with van der Waals surface area (Å²) in [6, 6.07) is 1.91. The van der Waals surface area contributed by atoms with Crippen molar-refractivity contribution < 1.29 is 17.6 Å². The van der Waals surface area contributed by atoms with Crippen molar-refractivity contribution in [2.45, 2.75) is 26.2 Å². The van der Waals surface area contributed by atoms with Gasteiger partial charge in [-0.25, -0.2) is 17.6 Å². The van der Waals surface area contributed by atoms with Gasteiger partial charge in [0, 0.05) is 0 Å². The van der Waals surface area contributed by atoms with Crippen LogP contribution in [0.5, 0.6) is 0 Å². The fourth-order valence-corrected chi connectivity index (χ4v) is 1.15. The summed E-state index contributed by atoms with van der Waals surface area (Å²) in [6.45, 7) is 3.46. The molecule has 0 spiro atoms. The Kier molecular flexibility index (Phi) is 3.13. The van der Waals surface area contributed by atoms with E-state index in [1.54, 1.807) is 13.8 Å². The molecule has 0 unspecified atom stereocenters. The number of rotatable bonds is 2. The summed E-state index contributed by atoms with van der Waals surface area (Å²) in [5.74, 6) is -2.45. The SMILES string of the molecule is CC(C)c1cc(F)c(C(F)F)c(F)c1. The van der Waals surface area contributed by atoms with Crippen molar-refractivity contribution >= 4 is 0 Å². The van der Waals surface area contributed by atoms with Crippen LogP contribution in [0.25, 0.3) is 0 Å². The van der Waals surface area contributed by atoms with Gasteiger partial charge in [0.1, 0.15) is 11.6 Å². The first-order chi connectivity index (χ1) is 6.43. The summed E-state index contributed by atoms with van der Waals surface area (Å²) >= 11 is 0. The lowest BCUT2D eigenvalue weighted by Crippen LogP contribution is -1.99. The number of hydrogen-bond acceptors (Lipinski definition) is 0. The van der Waals surface area contributed by atoms with Gasteiger partial charge in [0.25, 0.3) is 6.43 Å². The van der Waals surface area contributed by atoms with Crippen molar-refractivity contribution in [1.82, 2.24) is 0 Å². The lowest BCUT2D eigenvalue weighted by atomic mass is 10.0. The largest absolute Gasteiger partial charge is 0.269 e. The minimum atomic E-state index is -3.11. The van der Waals surface area contributed by atoms with Crippen LogP contribution in [0, 0.1) is 11.6 Å². The van der Waals surface area contributed by atoms with Gasteiger partial charge in [-0.3, -0.25) is 0 Å². The van der Waals surface area contributed by atoms with Crippen LogP contribution in [0.15, 0.2) is 12.1 Å². The molecule has 0 saturated carbocycles. The average Bonchev–Trinajstić information content (AvgIpc) is 2.01. The van der Waals surface area contributed by atoms with E-state index >= 15 is 0 Å². The molecule has 14 heavy (non-hydrogen) atoms. The second-order valence-electron chi connectivity index (χ2n) is 3.35. The maximum absolute atomic E-state index is 13.0. The van der Waals surface area contributed by atoms with E-state index in [-0.39, 0.29) is 5.92 Å². The molecule has 1 rings (SSSR count). The van der Waals surface area contributed by atoms with Crippen LogP contribution >= 0.6 is 0 Å². The van der Waals surface area contributed by atoms with Crippen molar-refractivity contribution in [3.8, 4) is 0 Å². The summed E-state index contributed by atoms with van der Waals surface area (Å²) in [4.78, 5) is 0. The Balaban J connectivity index is 3.25. The highest BCUT2D eigenvalue weighted by molar-refractivity contribution is 5.28. The van der Waals surface area contributed by atoms with Crippen LogP contribution < -0.4 is 0 Å². The molecular formula is C10H10F4. The first-order valence-electron chi connectivity index (χ1n) is 4.20. The molecule has 0 amide bonds. The van der Waals surface area contributed by atoms with E-state index in [1.807, 2.05) is 0 Å². The molecule has 0 atom stereocenters. The van der Waals surface area contributed by atoms with Crippen LogP contribution in [-0.2, 0) is 0 Å². The Bertz CT molecular complexity index is 308. The van der Waals surface area contributed by atoms with Gasteiger partial charge in [-0.15, -0.1) is 0 Å². The first-order valence-corrected chi connectivity index (χ1v) is 4.20. The number of alkyl halides is 2. The van der Waals surface area contributed by atoms with E-state index in [1.165, 1.54) is 0 Å². The highest BCUT2D eigenvalue weighted by Gasteiger charge is 2.20. The van der Waals surface area contributed by atoms with E-state index < -0.39 is 23.6 Å². The predicted molar refractivity (Wildman–Crippen MR) is 45.4 cm³/mol.